The molecule has 88 valence electrons. The van der Waals surface area contributed by atoms with Crippen LogP contribution in [0.1, 0.15) is 33.1 Å². The van der Waals surface area contributed by atoms with Crippen LogP contribution in [0.25, 0.3) is 0 Å². The average Bonchev–Trinajstić information content (AvgIpc) is 2.28. The molecule has 0 spiro atoms. The van der Waals surface area contributed by atoms with E-state index in [0.29, 0.717) is 13.2 Å². The van der Waals surface area contributed by atoms with Crippen LogP contribution in [0.2, 0.25) is 0 Å². The van der Waals surface area contributed by atoms with Crippen molar-refractivity contribution in [3.05, 3.63) is 0 Å². The largest absolute Gasteiger partial charge is 0.461 e. The van der Waals surface area contributed by atoms with Gasteiger partial charge in [0.25, 0.3) is 0 Å². The van der Waals surface area contributed by atoms with Gasteiger partial charge in [-0.25, -0.2) is 0 Å². The molecule has 0 aliphatic carbocycles. The summed E-state index contributed by atoms with van der Waals surface area (Å²) in [6, 6.07) is -0.488. The predicted octanol–water partition coefficient (Wildman–Crippen LogP) is 1.08. The van der Waals surface area contributed by atoms with Gasteiger partial charge in [-0.05, 0) is 5.92 Å². The van der Waals surface area contributed by atoms with Gasteiger partial charge in [0.1, 0.15) is 12.1 Å². The molecule has 1 aliphatic heterocycles. The zero-order chi connectivity index (χ0) is 11.3. The van der Waals surface area contributed by atoms with Crippen molar-refractivity contribution < 1.29 is 14.3 Å². The zero-order valence-corrected chi connectivity index (χ0v) is 9.57. The van der Waals surface area contributed by atoms with Crippen molar-refractivity contribution in [1.29, 1.82) is 0 Å². The number of nitrogens with two attached hydrogens (primary N) is 1. The van der Waals surface area contributed by atoms with E-state index in [1.165, 1.54) is 0 Å². The molecular weight excluding hydrogens is 194 g/mol. The van der Waals surface area contributed by atoms with Gasteiger partial charge >= 0.3 is 5.97 Å². The Bertz CT molecular complexity index is 202. The molecule has 1 rings (SSSR count). The van der Waals surface area contributed by atoms with E-state index in [9.17, 15) is 4.79 Å². The van der Waals surface area contributed by atoms with Crippen molar-refractivity contribution in [3.8, 4) is 0 Å². The van der Waals surface area contributed by atoms with E-state index in [4.69, 9.17) is 15.2 Å². The van der Waals surface area contributed by atoms with Crippen LogP contribution in [0.5, 0.6) is 0 Å². The molecule has 0 aromatic carbocycles. The van der Waals surface area contributed by atoms with Gasteiger partial charge in [-0.3, -0.25) is 4.79 Å². The van der Waals surface area contributed by atoms with Crippen LogP contribution in [0.4, 0.5) is 0 Å². The molecule has 0 amide bonds. The van der Waals surface area contributed by atoms with Crippen molar-refractivity contribution >= 4 is 5.97 Å². The second-order valence-corrected chi connectivity index (χ2v) is 4.16. The topological polar surface area (TPSA) is 61.6 Å². The number of esters is 1. The molecule has 2 atom stereocenters. The molecule has 15 heavy (non-hydrogen) atoms. The zero-order valence-electron chi connectivity index (χ0n) is 9.57. The molecule has 0 aromatic rings. The molecule has 2 N–H and O–H groups in total. The van der Waals surface area contributed by atoms with E-state index in [0.717, 1.165) is 19.3 Å². The van der Waals surface area contributed by atoms with Crippen molar-refractivity contribution in [1.82, 2.24) is 0 Å². The van der Waals surface area contributed by atoms with Gasteiger partial charge in [0.15, 0.2) is 0 Å². The third-order valence-electron chi connectivity index (χ3n) is 2.98. The minimum absolute atomic E-state index is 0.00126. The number of ether oxygens (including phenoxy) is 2. The molecule has 0 bridgehead atoms. The summed E-state index contributed by atoms with van der Waals surface area (Å²) in [5.74, 6) is -0.0893. The number of hydrogen-bond acceptors (Lipinski definition) is 4. The fourth-order valence-corrected chi connectivity index (χ4v) is 1.52. The van der Waals surface area contributed by atoms with E-state index in [1.807, 2.05) is 13.8 Å². The SMILES string of the molecule is CC[C@H](C)[C@H](N)C(=O)OC1CCOCC1. The van der Waals surface area contributed by atoms with E-state index in [1.54, 1.807) is 0 Å². The highest BCUT2D eigenvalue weighted by Crippen LogP contribution is 2.14. The van der Waals surface area contributed by atoms with Crippen LogP contribution < -0.4 is 5.73 Å². The quantitative estimate of drug-likeness (QED) is 0.713. The van der Waals surface area contributed by atoms with Crippen LogP contribution in [-0.4, -0.2) is 31.3 Å². The molecule has 0 unspecified atom stereocenters. The lowest BCUT2D eigenvalue weighted by Gasteiger charge is -2.25. The third-order valence-corrected chi connectivity index (χ3v) is 2.98. The molecule has 1 saturated heterocycles. The van der Waals surface area contributed by atoms with Gasteiger partial charge in [-0.15, -0.1) is 0 Å². The Morgan fingerprint density at radius 2 is 2.13 bits per heavy atom. The van der Waals surface area contributed by atoms with Crippen LogP contribution in [-0.2, 0) is 14.3 Å². The van der Waals surface area contributed by atoms with Gasteiger partial charge in [0.2, 0.25) is 0 Å². The van der Waals surface area contributed by atoms with E-state index in [-0.39, 0.29) is 18.0 Å². The van der Waals surface area contributed by atoms with Crippen molar-refractivity contribution in [2.45, 2.75) is 45.3 Å². The first-order valence-corrected chi connectivity index (χ1v) is 5.69. The number of rotatable bonds is 4. The fraction of sp³-hybridized carbons (Fsp3) is 0.909. The Morgan fingerprint density at radius 3 is 2.67 bits per heavy atom. The summed E-state index contributed by atoms with van der Waals surface area (Å²) < 4.78 is 10.5. The first-order chi connectivity index (χ1) is 7.15. The summed E-state index contributed by atoms with van der Waals surface area (Å²) in [6.07, 6.45) is 2.48. The van der Waals surface area contributed by atoms with Gasteiger partial charge in [0.05, 0.1) is 13.2 Å². The van der Waals surface area contributed by atoms with E-state index in [2.05, 4.69) is 0 Å². The average molecular weight is 215 g/mol. The second kappa shape index (κ2) is 6.08. The lowest BCUT2D eigenvalue weighted by atomic mass is 10.0. The van der Waals surface area contributed by atoms with Crippen molar-refractivity contribution in [2.24, 2.45) is 11.7 Å². The molecular formula is C11H21NO3. The summed E-state index contributed by atoms with van der Waals surface area (Å²) in [5, 5.41) is 0. The lowest BCUT2D eigenvalue weighted by Crippen LogP contribution is -2.40. The summed E-state index contributed by atoms with van der Waals surface area (Å²) in [4.78, 5) is 11.6. The van der Waals surface area contributed by atoms with Crippen LogP contribution in [0.15, 0.2) is 0 Å². The maximum Gasteiger partial charge on any atom is 0.323 e. The van der Waals surface area contributed by atoms with Crippen LogP contribution in [0, 0.1) is 5.92 Å². The maximum atomic E-state index is 11.6. The highest BCUT2D eigenvalue weighted by atomic mass is 16.6. The predicted molar refractivity (Wildman–Crippen MR) is 57.4 cm³/mol. The Balaban J connectivity index is 2.33. The number of carbonyl (C=O) groups excluding carboxylic acids is 1. The summed E-state index contributed by atoms with van der Waals surface area (Å²) in [5.41, 5.74) is 5.78. The molecule has 1 aliphatic rings. The smallest absolute Gasteiger partial charge is 0.323 e. The molecule has 1 fully saturated rings. The Morgan fingerprint density at radius 1 is 1.53 bits per heavy atom. The second-order valence-electron chi connectivity index (χ2n) is 4.16. The molecule has 4 nitrogen and oxygen atoms in total. The van der Waals surface area contributed by atoms with Crippen LogP contribution >= 0.6 is 0 Å². The normalized spacial score (nSPS) is 22.1. The molecule has 0 aromatic heterocycles. The monoisotopic (exact) mass is 215 g/mol. The standard InChI is InChI=1S/C11H21NO3/c1-3-8(2)10(12)11(13)15-9-4-6-14-7-5-9/h8-10H,3-7,12H2,1-2H3/t8-,10-/m0/s1. The molecule has 1 heterocycles. The first kappa shape index (κ1) is 12.5. The van der Waals surface area contributed by atoms with Crippen molar-refractivity contribution in [3.63, 3.8) is 0 Å². The maximum absolute atomic E-state index is 11.6. The van der Waals surface area contributed by atoms with E-state index >= 15 is 0 Å². The van der Waals surface area contributed by atoms with Crippen molar-refractivity contribution in [2.75, 3.05) is 13.2 Å². The van der Waals surface area contributed by atoms with E-state index < -0.39 is 6.04 Å². The Kier molecular flexibility index (Phi) is 5.05. The highest BCUT2D eigenvalue weighted by molar-refractivity contribution is 5.76. The fourth-order valence-electron chi connectivity index (χ4n) is 1.52. The molecule has 0 radical (unpaired) electrons. The summed E-state index contributed by atoms with van der Waals surface area (Å²) in [6.45, 7) is 5.34. The Hall–Kier alpha value is -0.610. The van der Waals surface area contributed by atoms with Gasteiger partial charge in [-0.1, -0.05) is 20.3 Å². The number of carbonyl (C=O) groups is 1. The highest BCUT2D eigenvalue weighted by Gasteiger charge is 2.25. The summed E-state index contributed by atoms with van der Waals surface area (Å²) in [7, 11) is 0. The first-order valence-electron chi connectivity index (χ1n) is 5.69. The minimum atomic E-state index is -0.488. The molecule has 0 saturated carbocycles. The van der Waals surface area contributed by atoms with Crippen LogP contribution in [0.3, 0.4) is 0 Å². The third kappa shape index (κ3) is 3.80. The molecule has 4 heteroatoms. The minimum Gasteiger partial charge on any atom is -0.461 e. The summed E-state index contributed by atoms with van der Waals surface area (Å²) >= 11 is 0. The number of hydrogen-bond donors (Lipinski definition) is 1. The lowest BCUT2D eigenvalue weighted by molar-refractivity contribution is -0.156. The van der Waals surface area contributed by atoms with Gasteiger partial charge < -0.3 is 15.2 Å². The van der Waals surface area contributed by atoms with Gasteiger partial charge in [0, 0.05) is 12.8 Å². The Labute approximate surface area is 91.1 Å². The van der Waals surface area contributed by atoms with Gasteiger partial charge in [-0.2, -0.15) is 0 Å².